The maximum Gasteiger partial charge on any atom is 0.256 e. The number of halogens is 1. The lowest BCUT2D eigenvalue weighted by molar-refractivity contribution is 0.0977. The molecule has 0 fully saturated rings. The van der Waals surface area contributed by atoms with Gasteiger partial charge < -0.3 is 10.3 Å². The molecule has 1 aliphatic rings. The Balaban J connectivity index is 1.38. The van der Waals surface area contributed by atoms with Crippen molar-refractivity contribution in [3.8, 4) is 0 Å². The number of aliphatic imine (C=N–C) groups is 1. The number of dihydropyridines is 1. The first-order valence-corrected chi connectivity index (χ1v) is 8.39. The lowest BCUT2D eigenvalue weighted by atomic mass is 9.97. The molecular formula is C20H17FN4O. The van der Waals surface area contributed by atoms with Gasteiger partial charge >= 0.3 is 0 Å². The number of hydrogen-bond acceptors (Lipinski definition) is 3. The van der Waals surface area contributed by atoms with Gasteiger partial charge in [0.05, 0.1) is 0 Å². The molecule has 0 saturated carbocycles. The molecule has 0 aliphatic carbocycles. The topological polar surface area (TPSA) is 70.1 Å². The minimum atomic E-state index is -0.369. The number of carbonyl (C=O) groups is 1. The van der Waals surface area contributed by atoms with Crippen LogP contribution in [0.25, 0.3) is 11.0 Å². The standard InChI is InChI=1S/C20H17FN4O/c21-16-6-4-14(5-7-16)20(26)25-18-8-3-13(11-23-18)10-15-12-24-19-17(15)2-1-9-22-19/h1-9,12-13H,10-11H2,(H,22,24)(H,23,25,26). The number of aromatic amines is 1. The molecule has 3 aromatic rings. The lowest BCUT2D eigenvalue weighted by Crippen LogP contribution is -2.31. The molecule has 6 heteroatoms. The van der Waals surface area contributed by atoms with Crippen LogP contribution in [0.3, 0.4) is 0 Å². The molecule has 2 N–H and O–H groups in total. The molecule has 0 bridgehead atoms. The Morgan fingerprint density at radius 3 is 2.88 bits per heavy atom. The summed E-state index contributed by atoms with van der Waals surface area (Å²) >= 11 is 0. The molecule has 0 saturated heterocycles. The van der Waals surface area contributed by atoms with E-state index >= 15 is 0 Å². The zero-order valence-electron chi connectivity index (χ0n) is 13.9. The van der Waals surface area contributed by atoms with Crippen molar-refractivity contribution in [2.45, 2.75) is 6.42 Å². The first kappa shape index (κ1) is 16.2. The number of fused-ring (bicyclic) bond motifs is 1. The number of amidine groups is 1. The number of carbonyl (C=O) groups excluding carboxylic acids is 1. The summed E-state index contributed by atoms with van der Waals surface area (Å²) in [6, 6.07) is 9.41. The quantitative estimate of drug-likeness (QED) is 0.763. The predicted molar refractivity (Wildman–Crippen MR) is 98.6 cm³/mol. The number of aromatic nitrogens is 2. The number of pyridine rings is 1. The zero-order chi connectivity index (χ0) is 17.9. The molecule has 1 aromatic carbocycles. The second-order valence-corrected chi connectivity index (χ2v) is 6.22. The van der Waals surface area contributed by atoms with E-state index in [0.29, 0.717) is 17.9 Å². The number of benzene rings is 1. The molecule has 5 nitrogen and oxygen atoms in total. The lowest BCUT2D eigenvalue weighted by Gasteiger charge is -2.16. The first-order valence-electron chi connectivity index (χ1n) is 8.39. The average Bonchev–Trinajstić information content (AvgIpc) is 3.07. The third-order valence-electron chi connectivity index (χ3n) is 4.39. The molecule has 1 amide bonds. The summed E-state index contributed by atoms with van der Waals surface area (Å²) in [7, 11) is 0. The minimum Gasteiger partial charge on any atom is -0.346 e. The van der Waals surface area contributed by atoms with Gasteiger partial charge in [0.1, 0.15) is 17.3 Å². The molecule has 2 aromatic heterocycles. The van der Waals surface area contributed by atoms with E-state index in [1.807, 2.05) is 18.3 Å². The Bertz CT molecular complexity index is 1000. The van der Waals surface area contributed by atoms with E-state index < -0.39 is 0 Å². The average molecular weight is 348 g/mol. The van der Waals surface area contributed by atoms with Gasteiger partial charge in [-0.2, -0.15) is 0 Å². The van der Waals surface area contributed by atoms with Crippen LogP contribution in [0.15, 0.2) is 65.9 Å². The van der Waals surface area contributed by atoms with Gasteiger partial charge in [-0.25, -0.2) is 9.37 Å². The Hall–Kier alpha value is -3.28. The van der Waals surface area contributed by atoms with E-state index in [9.17, 15) is 9.18 Å². The zero-order valence-corrected chi connectivity index (χ0v) is 13.9. The molecule has 130 valence electrons. The van der Waals surface area contributed by atoms with Crippen molar-refractivity contribution < 1.29 is 9.18 Å². The highest BCUT2D eigenvalue weighted by molar-refractivity contribution is 6.10. The molecule has 4 rings (SSSR count). The second-order valence-electron chi connectivity index (χ2n) is 6.22. The summed E-state index contributed by atoms with van der Waals surface area (Å²) in [6.45, 7) is 0.600. The third kappa shape index (κ3) is 3.39. The van der Waals surface area contributed by atoms with Crippen molar-refractivity contribution >= 4 is 22.8 Å². The number of nitrogens with one attached hydrogen (secondary N) is 2. The van der Waals surface area contributed by atoms with Crippen molar-refractivity contribution in [2.24, 2.45) is 10.9 Å². The van der Waals surface area contributed by atoms with Gasteiger partial charge in [0, 0.05) is 35.8 Å². The molecule has 0 spiro atoms. The highest BCUT2D eigenvalue weighted by Crippen LogP contribution is 2.21. The largest absolute Gasteiger partial charge is 0.346 e. The van der Waals surface area contributed by atoms with Gasteiger partial charge in [-0.1, -0.05) is 6.08 Å². The Kier molecular flexibility index (Phi) is 4.31. The molecule has 0 radical (unpaired) electrons. The Morgan fingerprint density at radius 2 is 2.12 bits per heavy atom. The smallest absolute Gasteiger partial charge is 0.256 e. The maximum atomic E-state index is 12.9. The Morgan fingerprint density at radius 1 is 1.27 bits per heavy atom. The minimum absolute atomic E-state index is 0.265. The first-order chi connectivity index (χ1) is 12.7. The highest BCUT2D eigenvalue weighted by Gasteiger charge is 2.15. The van der Waals surface area contributed by atoms with Crippen molar-refractivity contribution in [1.82, 2.24) is 15.3 Å². The van der Waals surface area contributed by atoms with Crippen LogP contribution >= 0.6 is 0 Å². The fourth-order valence-electron chi connectivity index (χ4n) is 3.02. The fourth-order valence-corrected chi connectivity index (χ4v) is 3.02. The second kappa shape index (κ2) is 6.92. The van der Waals surface area contributed by atoms with Crippen molar-refractivity contribution in [1.29, 1.82) is 0 Å². The summed E-state index contributed by atoms with van der Waals surface area (Å²) in [5, 5.41) is 3.87. The van der Waals surface area contributed by atoms with Crippen molar-refractivity contribution in [3.63, 3.8) is 0 Å². The third-order valence-corrected chi connectivity index (χ3v) is 4.39. The van der Waals surface area contributed by atoms with Crippen LogP contribution in [0.1, 0.15) is 15.9 Å². The van der Waals surface area contributed by atoms with Crippen LogP contribution in [0, 0.1) is 11.7 Å². The fraction of sp³-hybridized carbons (Fsp3) is 0.150. The summed E-state index contributed by atoms with van der Waals surface area (Å²) in [5.41, 5.74) is 2.49. The van der Waals surface area contributed by atoms with Crippen LogP contribution in [0.5, 0.6) is 0 Å². The summed E-state index contributed by atoms with van der Waals surface area (Å²) in [5.74, 6) is 0.123. The van der Waals surface area contributed by atoms with E-state index in [-0.39, 0.29) is 17.6 Å². The number of nitrogens with zero attached hydrogens (tertiary/aromatic N) is 2. The molecule has 1 unspecified atom stereocenters. The SMILES string of the molecule is O=C(NC1=NCC(Cc2c[nH]c3ncccc23)C=C1)c1ccc(F)cc1. The van der Waals surface area contributed by atoms with Crippen molar-refractivity contribution in [3.05, 3.63) is 77.9 Å². The normalized spacial score (nSPS) is 16.5. The van der Waals surface area contributed by atoms with Gasteiger partial charge in [-0.3, -0.25) is 9.79 Å². The number of rotatable bonds is 3. The van der Waals surface area contributed by atoms with Crippen LogP contribution in [-0.2, 0) is 6.42 Å². The molecule has 26 heavy (non-hydrogen) atoms. The van der Waals surface area contributed by atoms with Crippen LogP contribution in [0.2, 0.25) is 0 Å². The monoisotopic (exact) mass is 348 g/mol. The van der Waals surface area contributed by atoms with E-state index in [0.717, 1.165) is 17.5 Å². The maximum absolute atomic E-state index is 12.9. The van der Waals surface area contributed by atoms with Gasteiger partial charge in [-0.15, -0.1) is 0 Å². The molecule has 1 aliphatic heterocycles. The van der Waals surface area contributed by atoms with Crippen molar-refractivity contribution in [2.75, 3.05) is 6.54 Å². The highest BCUT2D eigenvalue weighted by atomic mass is 19.1. The molecule has 3 heterocycles. The van der Waals surface area contributed by atoms with E-state index in [1.54, 1.807) is 6.20 Å². The number of H-pyrrole nitrogens is 1. The van der Waals surface area contributed by atoms with Crippen LogP contribution < -0.4 is 5.32 Å². The summed E-state index contributed by atoms with van der Waals surface area (Å²) in [4.78, 5) is 24.1. The number of hydrogen-bond donors (Lipinski definition) is 2. The van der Waals surface area contributed by atoms with Crippen LogP contribution in [-0.4, -0.2) is 28.3 Å². The van der Waals surface area contributed by atoms with Crippen LogP contribution in [0.4, 0.5) is 4.39 Å². The predicted octanol–water partition coefficient (Wildman–Crippen LogP) is 3.26. The van der Waals surface area contributed by atoms with Gasteiger partial charge in [-0.05, 0) is 54.5 Å². The van der Waals surface area contributed by atoms with Gasteiger partial charge in [0.2, 0.25) is 0 Å². The molecule has 1 atom stereocenters. The van der Waals surface area contributed by atoms with Gasteiger partial charge in [0.25, 0.3) is 5.91 Å². The van der Waals surface area contributed by atoms with E-state index in [4.69, 9.17) is 0 Å². The summed E-state index contributed by atoms with van der Waals surface area (Å²) in [6.07, 6.45) is 8.49. The number of amides is 1. The Labute approximate surface area is 149 Å². The molecular weight excluding hydrogens is 331 g/mol. The van der Waals surface area contributed by atoms with E-state index in [2.05, 4.69) is 32.4 Å². The van der Waals surface area contributed by atoms with E-state index in [1.165, 1.54) is 29.8 Å². The summed E-state index contributed by atoms with van der Waals surface area (Å²) < 4.78 is 12.9. The van der Waals surface area contributed by atoms with Gasteiger partial charge in [0.15, 0.2) is 0 Å².